The number of ether oxygens (including phenoxy) is 1. The molecule has 1 unspecified atom stereocenters. The molecule has 0 bridgehead atoms. The molecule has 1 saturated heterocycles. The van der Waals surface area contributed by atoms with Crippen LogP contribution in [-0.2, 0) is 9.53 Å². The van der Waals surface area contributed by atoms with Gasteiger partial charge in [0, 0.05) is 0 Å². The Kier molecular flexibility index (Phi) is 3.74. The van der Waals surface area contributed by atoms with Gasteiger partial charge in [0.15, 0.2) is 0 Å². The zero-order chi connectivity index (χ0) is 10.9. The van der Waals surface area contributed by atoms with E-state index in [0.29, 0.717) is 6.61 Å². The number of carbonyl (C=O) groups excluding carboxylic acids is 2. The fourth-order valence-corrected chi connectivity index (χ4v) is 1.67. The van der Waals surface area contributed by atoms with E-state index in [2.05, 4.69) is 0 Å². The molecule has 14 heavy (non-hydrogen) atoms. The van der Waals surface area contributed by atoms with Crippen LogP contribution in [0.3, 0.4) is 0 Å². The Bertz CT molecular complexity index is 252. The Morgan fingerprint density at radius 2 is 2.14 bits per heavy atom. The van der Waals surface area contributed by atoms with Gasteiger partial charge in [0.2, 0.25) is 5.91 Å². The van der Waals surface area contributed by atoms with Gasteiger partial charge in [0.1, 0.15) is 6.61 Å². The molecule has 0 spiro atoms. The van der Waals surface area contributed by atoms with E-state index in [4.69, 9.17) is 4.74 Å². The van der Waals surface area contributed by atoms with Crippen LogP contribution >= 0.6 is 22.6 Å². The second kappa shape index (κ2) is 4.46. The second-order valence-corrected chi connectivity index (χ2v) is 5.58. The van der Waals surface area contributed by atoms with Gasteiger partial charge in [-0.1, -0.05) is 36.4 Å². The summed E-state index contributed by atoms with van der Waals surface area (Å²) in [7, 11) is 0. The maximum absolute atomic E-state index is 11.7. The van der Waals surface area contributed by atoms with Crippen LogP contribution in [0.5, 0.6) is 0 Å². The molecule has 1 heterocycles. The molecule has 80 valence electrons. The predicted octanol–water partition coefficient (Wildman–Crippen LogP) is 1.81. The highest BCUT2D eigenvalue weighted by atomic mass is 127. The number of rotatable bonds is 2. The molecule has 2 amide bonds. The summed E-state index contributed by atoms with van der Waals surface area (Å²) in [5.41, 5.74) is 0. The van der Waals surface area contributed by atoms with Gasteiger partial charge in [-0.2, -0.15) is 0 Å². The number of amides is 2. The average Bonchev–Trinajstić information content (AvgIpc) is 2.45. The van der Waals surface area contributed by atoms with Gasteiger partial charge in [-0.3, -0.25) is 4.79 Å². The van der Waals surface area contributed by atoms with E-state index < -0.39 is 6.09 Å². The topological polar surface area (TPSA) is 46.6 Å². The summed E-state index contributed by atoms with van der Waals surface area (Å²) in [5, 5.41) is 0. The van der Waals surface area contributed by atoms with Gasteiger partial charge in [-0.25, -0.2) is 9.69 Å². The second-order valence-electron chi connectivity index (χ2n) is 3.71. The number of hydrogen-bond donors (Lipinski definition) is 0. The molecule has 0 aliphatic carbocycles. The molecule has 0 aromatic heterocycles. The van der Waals surface area contributed by atoms with Crippen molar-refractivity contribution in [1.82, 2.24) is 4.90 Å². The normalized spacial score (nSPS) is 23.9. The van der Waals surface area contributed by atoms with Crippen LogP contribution in [0.4, 0.5) is 4.79 Å². The van der Waals surface area contributed by atoms with Crippen molar-refractivity contribution in [3.05, 3.63) is 0 Å². The summed E-state index contributed by atoms with van der Waals surface area (Å²) in [4.78, 5) is 24.3. The molecule has 2 atom stereocenters. The molecule has 1 rings (SSSR count). The predicted molar refractivity (Wildman–Crippen MR) is 60.3 cm³/mol. The molecule has 5 heteroatoms. The molecule has 0 aromatic rings. The Balaban J connectivity index is 2.82. The summed E-state index contributed by atoms with van der Waals surface area (Å²) in [6.45, 7) is 6.05. The fourth-order valence-electron chi connectivity index (χ4n) is 1.37. The van der Waals surface area contributed by atoms with Gasteiger partial charge in [0.25, 0.3) is 0 Å². The van der Waals surface area contributed by atoms with Crippen LogP contribution in [0, 0.1) is 5.92 Å². The van der Waals surface area contributed by atoms with Crippen molar-refractivity contribution in [2.75, 3.05) is 6.61 Å². The lowest BCUT2D eigenvalue weighted by Gasteiger charge is -2.23. The van der Waals surface area contributed by atoms with Crippen LogP contribution < -0.4 is 0 Å². The first-order valence-electron chi connectivity index (χ1n) is 4.59. The third kappa shape index (κ3) is 2.18. The monoisotopic (exact) mass is 311 g/mol. The number of carbonyl (C=O) groups is 2. The van der Waals surface area contributed by atoms with E-state index in [1.165, 1.54) is 4.90 Å². The van der Waals surface area contributed by atoms with Crippen LogP contribution in [0.15, 0.2) is 0 Å². The maximum atomic E-state index is 11.7. The number of cyclic esters (lactones) is 1. The third-order valence-corrected chi connectivity index (χ3v) is 2.79. The number of alkyl halides is 1. The van der Waals surface area contributed by atoms with E-state index in [0.717, 1.165) is 0 Å². The van der Waals surface area contributed by atoms with Crippen molar-refractivity contribution in [3.63, 3.8) is 0 Å². The van der Waals surface area contributed by atoms with Crippen LogP contribution in [-0.4, -0.2) is 33.5 Å². The van der Waals surface area contributed by atoms with Crippen LogP contribution in [0.1, 0.15) is 20.8 Å². The van der Waals surface area contributed by atoms with E-state index in [-0.39, 0.29) is 21.8 Å². The largest absolute Gasteiger partial charge is 0.447 e. The Labute approximate surface area is 97.1 Å². The Hall–Kier alpha value is -0.330. The van der Waals surface area contributed by atoms with Crippen LogP contribution in [0.25, 0.3) is 0 Å². The molecular weight excluding hydrogens is 297 g/mol. The molecule has 0 N–H and O–H groups in total. The Morgan fingerprint density at radius 1 is 1.57 bits per heavy atom. The standard InChI is InChI=1S/C9H14INO3/c1-5(2)7-4-14-9(13)11(7)8(12)6(3)10/h5-7H,4H2,1-3H3/t6?,7-/m1/s1. The Morgan fingerprint density at radius 3 is 2.57 bits per heavy atom. The minimum atomic E-state index is -0.503. The molecule has 4 nitrogen and oxygen atoms in total. The lowest BCUT2D eigenvalue weighted by atomic mass is 10.0. The highest BCUT2D eigenvalue weighted by Crippen LogP contribution is 2.21. The van der Waals surface area contributed by atoms with Crippen LogP contribution in [0.2, 0.25) is 0 Å². The van der Waals surface area contributed by atoms with Crippen molar-refractivity contribution in [3.8, 4) is 0 Å². The van der Waals surface area contributed by atoms with E-state index in [1.54, 1.807) is 6.92 Å². The van der Waals surface area contributed by atoms with Crippen molar-refractivity contribution < 1.29 is 14.3 Å². The van der Waals surface area contributed by atoms with Gasteiger partial charge in [-0.05, 0) is 12.8 Å². The zero-order valence-corrected chi connectivity index (χ0v) is 10.6. The average molecular weight is 311 g/mol. The number of halogens is 1. The van der Waals surface area contributed by atoms with Gasteiger partial charge in [0.05, 0.1) is 9.97 Å². The minimum absolute atomic E-state index is 0.104. The maximum Gasteiger partial charge on any atom is 0.417 e. The first-order valence-corrected chi connectivity index (χ1v) is 5.83. The lowest BCUT2D eigenvalue weighted by Crippen LogP contribution is -2.44. The third-order valence-electron chi connectivity index (χ3n) is 2.25. The number of nitrogens with zero attached hydrogens (tertiary/aromatic N) is 1. The first-order chi connectivity index (χ1) is 6.45. The molecule has 1 fully saturated rings. The van der Waals surface area contributed by atoms with Gasteiger partial charge < -0.3 is 4.74 Å². The van der Waals surface area contributed by atoms with E-state index >= 15 is 0 Å². The quantitative estimate of drug-likeness (QED) is 0.577. The molecule has 0 aromatic carbocycles. The summed E-state index contributed by atoms with van der Waals surface area (Å²) in [6, 6.07) is -0.104. The van der Waals surface area contributed by atoms with Crippen molar-refractivity contribution >= 4 is 34.6 Å². The minimum Gasteiger partial charge on any atom is -0.447 e. The SMILES string of the molecule is CC(I)C(=O)N1C(=O)OC[C@@H]1C(C)C. The highest BCUT2D eigenvalue weighted by Gasteiger charge is 2.40. The molecule has 1 aliphatic heterocycles. The highest BCUT2D eigenvalue weighted by molar-refractivity contribution is 14.1. The van der Waals surface area contributed by atoms with E-state index in [1.807, 2.05) is 36.4 Å². The summed E-state index contributed by atoms with van der Waals surface area (Å²) < 4.78 is 4.68. The van der Waals surface area contributed by atoms with Gasteiger partial charge >= 0.3 is 6.09 Å². The van der Waals surface area contributed by atoms with Gasteiger partial charge in [-0.15, -0.1) is 0 Å². The molecule has 0 saturated carbocycles. The number of hydrogen-bond acceptors (Lipinski definition) is 3. The number of imide groups is 1. The smallest absolute Gasteiger partial charge is 0.417 e. The molecular formula is C9H14INO3. The molecule has 1 aliphatic rings. The lowest BCUT2D eigenvalue weighted by molar-refractivity contribution is -0.128. The summed E-state index contributed by atoms with van der Waals surface area (Å²) >= 11 is 2.00. The molecule has 0 radical (unpaired) electrons. The zero-order valence-electron chi connectivity index (χ0n) is 8.49. The fraction of sp³-hybridized carbons (Fsp3) is 0.778. The van der Waals surface area contributed by atoms with Crippen molar-refractivity contribution in [2.45, 2.75) is 30.7 Å². The summed E-state index contributed by atoms with van der Waals surface area (Å²) in [5.74, 6) is 0.0762. The summed E-state index contributed by atoms with van der Waals surface area (Å²) in [6.07, 6.45) is -0.503. The van der Waals surface area contributed by atoms with Crippen molar-refractivity contribution in [2.24, 2.45) is 5.92 Å². The van der Waals surface area contributed by atoms with E-state index in [9.17, 15) is 9.59 Å². The first kappa shape index (κ1) is 11.7. The van der Waals surface area contributed by atoms with Crippen molar-refractivity contribution in [1.29, 1.82) is 0 Å².